The van der Waals surface area contributed by atoms with Crippen LogP contribution < -0.4 is 19.5 Å². The first-order valence-electron chi connectivity index (χ1n) is 8.52. The van der Waals surface area contributed by atoms with Gasteiger partial charge in [0, 0.05) is 6.42 Å². The van der Waals surface area contributed by atoms with Crippen LogP contribution in [0, 0.1) is 0 Å². The number of urea groups is 1. The maximum atomic E-state index is 12.7. The molecule has 1 atom stereocenters. The molecule has 0 radical (unpaired) electrons. The van der Waals surface area contributed by atoms with Crippen LogP contribution in [-0.4, -0.2) is 44.2 Å². The highest BCUT2D eigenvalue weighted by molar-refractivity contribution is 6.04. The van der Waals surface area contributed by atoms with E-state index in [-0.39, 0.29) is 12.5 Å². The fraction of sp³-hybridized carbons (Fsp3) is 0.300. The smallest absolute Gasteiger partial charge is 0.325 e. The first-order valence-corrected chi connectivity index (χ1v) is 8.52. The van der Waals surface area contributed by atoms with Crippen LogP contribution in [0.25, 0.3) is 0 Å². The molecule has 7 nitrogen and oxygen atoms in total. The van der Waals surface area contributed by atoms with Gasteiger partial charge < -0.3 is 19.5 Å². The van der Waals surface area contributed by atoms with Gasteiger partial charge in [0.05, 0.1) is 27.9 Å². The molecule has 3 rings (SSSR count). The van der Waals surface area contributed by atoms with Gasteiger partial charge in [0.2, 0.25) is 5.75 Å². The minimum absolute atomic E-state index is 0.118. The topological polar surface area (TPSA) is 77.1 Å². The Morgan fingerprint density at radius 1 is 0.926 bits per heavy atom. The lowest BCUT2D eigenvalue weighted by molar-refractivity contribution is -0.127. The van der Waals surface area contributed by atoms with Gasteiger partial charge >= 0.3 is 6.03 Å². The lowest BCUT2D eigenvalue weighted by Gasteiger charge is -2.17. The second kappa shape index (κ2) is 7.99. The Balaban J connectivity index is 1.79. The van der Waals surface area contributed by atoms with Gasteiger partial charge in [-0.15, -0.1) is 0 Å². The lowest BCUT2D eigenvalue weighted by atomic mass is 10.1. The van der Waals surface area contributed by atoms with Crippen LogP contribution in [0.15, 0.2) is 42.5 Å². The second-order valence-corrected chi connectivity index (χ2v) is 6.15. The normalized spacial score (nSPS) is 16.3. The number of ether oxygens (including phenoxy) is 3. The Kier molecular flexibility index (Phi) is 5.49. The SMILES string of the molecule is COc1cc(CN2C(=O)NC(Cc3ccccc3)C2=O)cc(OC)c1OC. The van der Waals surface area contributed by atoms with Crippen LogP contribution >= 0.6 is 0 Å². The zero-order chi connectivity index (χ0) is 19.4. The van der Waals surface area contributed by atoms with E-state index in [0.717, 1.165) is 5.56 Å². The highest BCUT2D eigenvalue weighted by Crippen LogP contribution is 2.38. The molecule has 1 fully saturated rings. The minimum Gasteiger partial charge on any atom is -0.493 e. The third-order valence-electron chi connectivity index (χ3n) is 4.45. The summed E-state index contributed by atoms with van der Waals surface area (Å²) in [7, 11) is 4.56. The van der Waals surface area contributed by atoms with E-state index in [4.69, 9.17) is 14.2 Å². The van der Waals surface area contributed by atoms with Crippen LogP contribution in [0.1, 0.15) is 11.1 Å². The van der Waals surface area contributed by atoms with E-state index >= 15 is 0 Å². The van der Waals surface area contributed by atoms with Crippen LogP contribution in [0.4, 0.5) is 4.79 Å². The van der Waals surface area contributed by atoms with Crippen molar-refractivity contribution in [2.75, 3.05) is 21.3 Å². The number of imide groups is 1. The number of carbonyl (C=O) groups excluding carboxylic acids is 2. The molecule has 142 valence electrons. The van der Waals surface area contributed by atoms with Crippen molar-refractivity contribution in [3.63, 3.8) is 0 Å². The molecule has 1 heterocycles. The molecular formula is C20H22N2O5. The molecule has 27 heavy (non-hydrogen) atoms. The molecule has 0 spiro atoms. The van der Waals surface area contributed by atoms with Crippen LogP contribution in [0.2, 0.25) is 0 Å². The van der Waals surface area contributed by atoms with Gasteiger partial charge in [0.15, 0.2) is 11.5 Å². The molecule has 3 amide bonds. The molecule has 2 aromatic carbocycles. The predicted molar refractivity (Wildman–Crippen MR) is 99.1 cm³/mol. The number of amides is 3. The molecule has 0 aromatic heterocycles. The second-order valence-electron chi connectivity index (χ2n) is 6.15. The maximum absolute atomic E-state index is 12.7. The van der Waals surface area contributed by atoms with Crippen molar-refractivity contribution in [2.24, 2.45) is 0 Å². The van der Waals surface area contributed by atoms with E-state index in [1.807, 2.05) is 30.3 Å². The number of carbonyl (C=O) groups is 2. The van der Waals surface area contributed by atoms with Crippen LogP contribution in [0.5, 0.6) is 17.2 Å². The zero-order valence-corrected chi connectivity index (χ0v) is 15.5. The average Bonchev–Trinajstić information content (AvgIpc) is 2.95. The van der Waals surface area contributed by atoms with Gasteiger partial charge in [-0.2, -0.15) is 0 Å². The molecule has 0 aliphatic carbocycles. The fourth-order valence-corrected chi connectivity index (χ4v) is 3.12. The monoisotopic (exact) mass is 370 g/mol. The molecule has 1 N–H and O–H groups in total. The number of nitrogens with one attached hydrogen (secondary N) is 1. The number of nitrogens with zero attached hydrogens (tertiary/aromatic N) is 1. The Morgan fingerprint density at radius 3 is 2.11 bits per heavy atom. The van der Waals surface area contributed by atoms with Gasteiger partial charge in [0.1, 0.15) is 6.04 Å². The molecule has 1 aliphatic rings. The summed E-state index contributed by atoms with van der Waals surface area (Å²) in [6, 6.07) is 12.1. The van der Waals surface area contributed by atoms with Crippen molar-refractivity contribution in [1.82, 2.24) is 10.2 Å². The first-order chi connectivity index (χ1) is 13.1. The third kappa shape index (κ3) is 3.81. The largest absolute Gasteiger partial charge is 0.493 e. The van der Waals surface area contributed by atoms with E-state index in [9.17, 15) is 9.59 Å². The predicted octanol–water partition coefficient (Wildman–Crippen LogP) is 2.38. The summed E-state index contributed by atoms with van der Waals surface area (Å²) >= 11 is 0. The number of rotatable bonds is 7. The number of hydrogen-bond donors (Lipinski definition) is 1. The quantitative estimate of drug-likeness (QED) is 0.757. The van der Waals surface area contributed by atoms with E-state index in [2.05, 4.69) is 5.32 Å². The van der Waals surface area contributed by atoms with Crippen LogP contribution in [0.3, 0.4) is 0 Å². The molecule has 7 heteroatoms. The van der Waals surface area contributed by atoms with Gasteiger partial charge in [-0.05, 0) is 23.3 Å². The molecule has 0 saturated carbocycles. The highest BCUT2D eigenvalue weighted by Gasteiger charge is 2.38. The Morgan fingerprint density at radius 2 is 1.56 bits per heavy atom. The third-order valence-corrected chi connectivity index (χ3v) is 4.45. The molecule has 0 bridgehead atoms. The summed E-state index contributed by atoms with van der Waals surface area (Å²) in [6.07, 6.45) is 0.456. The molecule has 1 aliphatic heterocycles. The summed E-state index contributed by atoms with van der Waals surface area (Å²) in [5.41, 5.74) is 1.69. The summed E-state index contributed by atoms with van der Waals surface area (Å²) in [6.45, 7) is 0.118. The zero-order valence-electron chi connectivity index (χ0n) is 15.5. The lowest BCUT2D eigenvalue weighted by Crippen LogP contribution is -2.32. The molecule has 2 aromatic rings. The number of hydrogen-bond acceptors (Lipinski definition) is 5. The summed E-state index contributed by atoms with van der Waals surface area (Å²) < 4.78 is 16.0. The summed E-state index contributed by atoms with van der Waals surface area (Å²) in [5, 5.41) is 2.75. The Hall–Kier alpha value is -3.22. The number of methoxy groups -OCH3 is 3. The van der Waals surface area contributed by atoms with E-state index in [0.29, 0.717) is 29.2 Å². The van der Waals surface area contributed by atoms with Crippen molar-refractivity contribution in [3.8, 4) is 17.2 Å². The van der Waals surface area contributed by atoms with Gasteiger partial charge in [0.25, 0.3) is 5.91 Å². The molecule has 1 unspecified atom stereocenters. The van der Waals surface area contributed by atoms with Crippen molar-refractivity contribution in [3.05, 3.63) is 53.6 Å². The van der Waals surface area contributed by atoms with Crippen LogP contribution in [-0.2, 0) is 17.8 Å². The minimum atomic E-state index is -0.568. The van der Waals surface area contributed by atoms with Crippen molar-refractivity contribution < 1.29 is 23.8 Å². The van der Waals surface area contributed by atoms with E-state index in [1.54, 1.807) is 12.1 Å². The molecular weight excluding hydrogens is 348 g/mol. The summed E-state index contributed by atoms with van der Waals surface area (Å²) in [5.74, 6) is 1.15. The Labute approximate surface area is 157 Å². The Bertz CT molecular complexity index is 813. The van der Waals surface area contributed by atoms with Gasteiger partial charge in [-0.25, -0.2) is 4.79 Å². The van der Waals surface area contributed by atoms with E-state index in [1.165, 1.54) is 26.2 Å². The van der Waals surface area contributed by atoms with Gasteiger partial charge in [-0.3, -0.25) is 9.69 Å². The highest BCUT2D eigenvalue weighted by atomic mass is 16.5. The van der Waals surface area contributed by atoms with Crippen molar-refractivity contribution in [1.29, 1.82) is 0 Å². The average molecular weight is 370 g/mol. The van der Waals surface area contributed by atoms with Crippen molar-refractivity contribution in [2.45, 2.75) is 19.0 Å². The van der Waals surface area contributed by atoms with Gasteiger partial charge in [-0.1, -0.05) is 30.3 Å². The standard InChI is InChI=1S/C20H22N2O5/c1-25-16-10-14(11-17(26-2)18(16)27-3)12-22-19(23)15(21-20(22)24)9-13-7-5-4-6-8-13/h4-8,10-11,15H,9,12H2,1-3H3,(H,21,24). The molecule has 1 saturated heterocycles. The first kappa shape index (κ1) is 18.6. The number of benzene rings is 2. The van der Waals surface area contributed by atoms with Crippen molar-refractivity contribution >= 4 is 11.9 Å². The fourth-order valence-electron chi connectivity index (χ4n) is 3.12. The maximum Gasteiger partial charge on any atom is 0.325 e. The van der Waals surface area contributed by atoms with E-state index < -0.39 is 12.1 Å². The summed E-state index contributed by atoms with van der Waals surface area (Å²) in [4.78, 5) is 26.2.